The largest absolute Gasteiger partial charge is 0.356 e. The molecule has 2 fully saturated rings. The molecule has 1 saturated carbocycles. The Morgan fingerprint density at radius 3 is 2.44 bits per heavy atom. The van der Waals surface area contributed by atoms with Crippen LogP contribution in [0.3, 0.4) is 0 Å². The van der Waals surface area contributed by atoms with Gasteiger partial charge in [-0.25, -0.2) is 0 Å². The molecule has 2 aromatic carbocycles. The molecule has 2 amide bonds. The molecular formula is C28H30ClN3O2. The maximum absolute atomic E-state index is 14.3. The maximum Gasteiger partial charge on any atom is 0.255 e. The van der Waals surface area contributed by atoms with E-state index in [4.69, 9.17) is 11.6 Å². The van der Waals surface area contributed by atoms with E-state index in [-0.39, 0.29) is 30.3 Å². The molecule has 3 heterocycles. The van der Waals surface area contributed by atoms with E-state index in [1.807, 2.05) is 59.2 Å². The summed E-state index contributed by atoms with van der Waals surface area (Å²) in [5.74, 6) is -0.0359. The Morgan fingerprint density at radius 2 is 1.68 bits per heavy atom. The summed E-state index contributed by atoms with van der Waals surface area (Å²) in [5.41, 5.74) is 2.85. The van der Waals surface area contributed by atoms with Gasteiger partial charge in [0.25, 0.3) is 5.91 Å². The van der Waals surface area contributed by atoms with Crippen LogP contribution in [0.5, 0.6) is 0 Å². The number of hydrogen-bond donors (Lipinski definition) is 1. The predicted octanol–water partition coefficient (Wildman–Crippen LogP) is 5.58. The van der Waals surface area contributed by atoms with Gasteiger partial charge in [-0.3, -0.25) is 9.59 Å². The molecule has 1 unspecified atom stereocenters. The number of carbonyl (C=O) groups is 2. The highest BCUT2D eigenvalue weighted by atomic mass is 35.5. The lowest BCUT2D eigenvalue weighted by Crippen LogP contribution is -2.68. The van der Waals surface area contributed by atoms with Crippen molar-refractivity contribution in [3.63, 3.8) is 0 Å². The zero-order valence-corrected chi connectivity index (χ0v) is 20.3. The Morgan fingerprint density at radius 1 is 0.971 bits per heavy atom. The number of aromatic nitrogens is 1. The summed E-state index contributed by atoms with van der Waals surface area (Å²) in [6, 6.07) is 16.2. The van der Waals surface area contributed by atoms with Gasteiger partial charge in [0.2, 0.25) is 5.91 Å². The first-order chi connectivity index (χ1) is 16.5. The first-order valence-electron chi connectivity index (χ1n) is 12.5. The number of fused-ring (bicyclic) bond motifs is 5. The van der Waals surface area contributed by atoms with Gasteiger partial charge in [-0.2, -0.15) is 0 Å². The first-order valence-corrected chi connectivity index (χ1v) is 12.8. The summed E-state index contributed by atoms with van der Waals surface area (Å²) >= 11 is 6.67. The van der Waals surface area contributed by atoms with Gasteiger partial charge in [0, 0.05) is 34.4 Å². The number of hydrogen-bond acceptors (Lipinski definition) is 2. The second-order valence-electron chi connectivity index (χ2n) is 10.2. The number of piperazine rings is 1. The van der Waals surface area contributed by atoms with Crippen LogP contribution in [-0.4, -0.2) is 45.7 Å². The molecule has 6 heteroatoms. The number of amides is 2. The molecule has 1 aromatic heterocycles. The van der Waals surface area contributed by atoms with Gasteiger partial charge in [-0.15, -0.1) is 0 Å². The fourth-order valence-corrected chi connectivity index (χ4v) is 6.80. The summed E-state index contributed by atoms with van der Waals surface area (Å²) in [5, 5.41) is 1.78. The van der Waals surface area contributed by atoms with Crippen LogP contribution < -0.4 is 0 Å². The highest BCUT2D eigenvalue weighted by molar-refractivity contribution is 6.31. The Hall–Kier alpha value is -2.79. The minimum Gasteiger partial charge on any atom is -0.356 e. The molecule has 0 radical (unpaired) electrons. The van der Waals surface area contributed by atoms with Gasteiger partial charge in [-0.1, -0.05) is 73.7 Å². The van der Waals surface area contributed by atoms with Crippen molar-refractivity contribution in [1.29, 1.82) is 0 Å². The number of H-pyrrole nitrogens is 1. The summed E-state index contributed by atoms with van der Waals surface area (Å²) in [6.07, 6.45) is 6.63. The highest BCUT2D eigenvalue weighted by Crippen LogP contribution is 2.49. The van der Waals surface area contributed by atoms with Crippen LogP contribution in [0.15, 0.2) is 48.5 Å². The number of rotatable bonds is 2. The van der Waals surface area contributed by atoms with E-state index >= 15 is 0 Å². The smallest absolute Gasteiger partial charge is 0.255 e. The molecule has 1 N–H and O–H groups in total. The third-order valence-corrected chi connectivity index (χ3v) is 8.66. The second kappa shape index (κ2) is 8.16. The summed E-state index contributed by atoms with van der Waals surface area (Å²) in [4.78, 5) is 35.3. The Kier molecular flexibility index (Phi) is 5.21. The van der Waals surface area contributed by atoms with Crippen molar-refractivity contribution >= 4 is 34.3 Å². The minimum absolute atomic E-state index is 0.0210. The molecule has 176 valence electrons. The lowest BCUT2D eigenvalue weighted by molar-refractivity contribution is -0.169. The fraction of sp³-hybridized carbons (Fsp3) is 0.429. The van der Waals surface area contributed by atoms with Crippen molar-refractivity contribution in [2.45, 2.75) is 62.9 Å². The van der Waals surface area contributed by atoms with E-state index in [2.05, 4.69) is 11.1 Å². The zero-order valence-electron chi connectivity index (χ0n) is 19.5. The van der Waals surface area contributed by atoms with E-state index in [1.165, 1.54) is 12.8 Å². The molecule has 5 nitrogen and oxygen atoms in total. The van der Waals surface area contributed by atoms with E-state index in [0.29, 0.717) is 11.6 Å². The SMILES string of the molecule is C[C@]12C(=O)N(C3CCCCCC3)CC(=O)N1CC(c1ccccc1Cl)c1c2[nH]c2ccccc12. The molecule has 3 aromatic rings. The molecule has 34 heavy (non-hydrogen) atoms. The topological polar surface area (TPSA) is 56.4 Å². The Balaban J connectivity index is 1.53. The monoisotopic (exact) mass is 475 g/mol. The lowest BCUT2D eigenvalue weighted by atomic mass is 9.76. The summed E-state index contributed by atoms with van der Waals surface area (Å²) in [6.45, 7) is 2.55. The van der Waals surface area contributed by atoms with E-state index in [1.54, 1.807) is 0 Å². The average Bonchev–Trinajstić information content (AvgIpc) is 3.03. The lowest BCUT2D eigenvalue weighted by Gasteiger charge is -2.53. The number of halogens is 1. The van der Waals surface area contributed by atoms with Crippen LogP contribution in [0.25, 0.3) is 10.9 Å². The van der Waals surface area contributed by atoms with E-state index in [0.717, 1.165) is 53.4 Å². The first kappa shape index (κ1) is 21.7. The molecule has 0 bridgehead atoms. The Bertz CT molecular complexity index is 1280. The normalized spacial score (nSPS) is 25.9. The van der Waals surface area contributed by atoms with Gasteiger partial charge < -0.3 is 14.8 Å². The third kappa shape index (κ3) is 3.13. The van der Waals surface area contributed by atoms with E-state index in [9.17, 15) is 9.59 Å². The van der Waals surface area contributed by atoms with Crippen LogP contribution in [-0.2, 0) is 15.1 Å². The highest BCUT2D eigenvalue weighted by Gasteiger charge is 2.57. The van der Waals surface area contributed by atoms with Crippen molar-refractivity contribution in [3.8, 4) is 0 Å². The van der Waals surface area contributed by atoms with Crippen molar-refractivity contribution < 1.29 is 9.59 Å². The number of carbonyl (C=O) groups excluding carboxylic acids is 2. The minimum atomic E-state index is -1.05. The van der Waals surface area contributed by atoms with Crippen molar-refractivity contribution in [3.05, 3.63) is 70.4 Å². The predicted molar refractivity (Wildman–Crippen MR) is 134 cm³/mol. The molecule has 0 spiro atoms. The van der Waals surface area contributed by atoms with Gasteiger partial charge in [0.1, 0.15) is 6.54 Å². The molecule has 3 aliphatic rings. The second-order valence-corrected chi connectivity index (χ2v) is 10.6. The zero-order chi connectivity index (χ0) is 23.4. The number of nitrogens with zero attached hydrogens (tertiary/aromatic N) is 2. The molecule has 2 aliphatic heterocycles. The average molecular weight is 476 g/mol. The van der Waals surface area contributed by atoms with Crippen LogP contribution in [0.2, 0.25) is 5.02 Å². The van der Waals surface area contributed by atoms with Crippen LogP contribution in [0.1, 0.15) is 68.2 Å². The Labute approximate surface area is 205 Å². The standard InChI is InChI=1S/C28H30ClN3O2/c1-28-26-25(20-13-7-9-15-23(20)30-26)21(19-12-6-8-14-22(19)29)16-32(28)24(33)17-31(27(28)34)18-10-4-2-3-5-11-18/h6-9,12-15,18,21,30H,2-5,10-11,16-17H2,1H3/t21?,28-/m0/s1. The molecular weight excluding hydrogens is 446 g/mol. The number of aromatic amines is 1. The fourth-order valence-electron chi connectivity index (χ4n) is 6.53. The van der Waals surface area contributed by atoms with Gasteiger partial charge in [0.15, 0.2) is 5.54 Å². The van der Waals surface area contributed by atoms with Gasteiger partial charge in [0.05, 0.1) is 5.69 Å². The van der Waals surface area contributed by atoms with Crippen molar-refractivity contribution in [1.82, 2.24) is 14.8 Å². The summed E-state index contributed by atoms with van der Waals surface area (Å²) < 4.78 is 0. The molecule has 1 saturated heterocycles. The quantitative estimate of drug-likeness (QED) is 0.492. The van der Waals surface area contributed by atoms with Crippen molar-refractivity contribution in [2.75, 3.05) is 13.1 Å². The van der Waals surface area contributed by atoms with Crippen molar-refractivity contribution in [2.24, 2.45) is 0 Å². The third-order valence-electron chi connectivity index (χ3n) is 8.32. The maximum atomic E-state index is 14.3. The number of benzene rings is 2. The van der Waals surface area contributed by atoms with Crippen LogP contribution >= 0.6 is 11.6 Å². The van der Waals surface area contributed by atoms with Crippen LogP contribution in [0.4, 0.5) is 0 Å². The van der Waals surface area contributed by atoms with Gasteiger partial charge in [-0.05, 0) is 43.0 Å². The number of nitrogens with one attached hydrogen (secondary N) is 1. The van der Waals surface area contributed by atoms with Crippen LogP contribution in [0, 0.1) is 0 Å². The van der Waals surface area contributed by atoms with E-state index < -0.39 is 5.54 Å². The summed E-state index contributed by atoms with van der Waals surface area (Å²) in [7, 11) is 0. The number of para-hydroxylation sites is 1. The van der Waals surface area contributed by atoms with Gasteiger partial charge >= 0.3 is 0 Å². The molecule has 6 rings (SSSR count). The molecule has 1 aliphatic carbocycles. The molecule has 2 atom stereocenters.